The van der Waals surface area contributed by atoms with Crippen LogP contribution in [0.15, 0.2) is 24.3 Å². The van der Waals surface area contributed by atoms with Gasteiger partial charge >= 0.3 is 12.1 Å². The van der Waals surface area contributed by atoms with Gasteiger partial charge in [0.1, 0.15) is 0 Å². The summed E-state index contributed by atoms with van der Waals surface area (Å²) in [5.41, 5.74) is 0.238. The molecular weight excluding hydrogens is 235 g/mol. The number of alkyl halides is 3. The Morgan fingerprint density at radius 1 is 1.35 bits per heavy atom. The normalized spacial score (nSPS) is 13.2. The fourth-order valence-electron chi connectivity index (χ4n) is 1.58. The van der Waals surface area contributed by atoms with Crippen molar-refractivity contribution < 1.29 is 22.8 Å². The van der Waals surface area contributed by atoms with Crippen LogP contribution in [-0.2, 0) is 4.84 Å². The third-order valence-corrected chi connectivity index (χ3v) is 2.46. The Kier molecular flexibility index (Phi) is 4.11. The Hall–Kier alpha value is -1.56. The molecule has 1 unspecified atom stereocenters. The molecule has 6 heteroatoms. The fraction of sp³-hybridized carbons (Fsp3) is 0.364. The summed E-state index contributed by atoms with van der Waals surface area (Å²) in [6.45, 7) is 1.46. The molecule has 94 valence electrons. The minimum absolute atomic E-state index is 0.0514. The summed E-state index contributed by atoms with van der Waals surface area (Å²) in [4.78, 5) is 15.0. The van der Waals surface area contributed by atoms with E-state index in [0.29, 0.717) is 0 Å². The molecule has 1 aromatic carbocycles. The van der Waals surface area contributed by atoms with E-state index in [0.717, 1.165) is 0 Å². The lowest BCUT2D eigenvalue weighted by Gasteiger charge is -2.18. The molecular formula is C11H12F3NO2. The second-order valence-corrected chi connectivity index (χ2v) is 3.53. The Balaban J connectivity index is 2.97. The molecule has 0 saturated carbocycles. The van der Waals surface area contributed by atoms with Gasteiger partial charge in [0.25, 0.3) is 0 Å². The number of benzene rings is 1. The van der Waals surface area contributed by atoms with Crippen LogP contribution < -0.4 is 5.90 Å². The van der Waals surface area contributed by atoms with E-state index in [1.807, 2.05) is 0 Å². The van der Waals surface area contributed by atoms with Crippen LogP contribution in [0.4, 0.5) is 13.2 Å². The van der Waals surface area contributed by atoms with Crippen LogP contribution in [0.25, 0.3) is 0 Å². The number of carbonyl (C=O) groups excluding carboxylic acids is 1. The second-order valence-electron chi connectivity index (χ2n) is 3.53. The molecule has 0 aliphatic rings. The summed E-state index contributed by atoms with van der Waals surface area (Å²) in [7, 11) is 0. The summed E-state index contributed by atoms with van der Waals surface area (Å²) in [5.74, 6) is 2.36. The Morgan fingerprint density at radius 2 is 1.88 bits per heavy atom. The van der Waals surface area contributed by atoms with Crippen molar-refractivity contribution in [3.05, 3.63) is 35.4 Å². The summed E-state index contributed by atoms with van der Waals surface area (Å²) in [6.07, 6.45) is -4.34. The smallest absolute Gasteiger partial charge is 0.370 e. The van der Waals surface area contributed by atoms with Crippen LogP contribution >= 0.6 is 0 Å². The molecule has 0 saturated heterocycles. The summed E-state index contributed by atoms with van der Waals surface area (Å²) < 4.78 is 37.9. The van der Waals surface area contributed by atoms with Gasteiger partial charge in [0, 0.05) is 0 Å². The maximum atomic E-state index is 12.6. The SMILES string of the molecule is CCC(c1ccc(C(=O)ON)cc1)C(F)(F)F. The van der Waals surface area contributed by atoms with Gasteiger partial charge < -0.3 is 4.84 Å². The van der Waals surface area contributed by atoms with Crippen LogP contribution in [0.5, 0.6) is 0 Å². The van der Waals surface area contributed by atoms with Gasteiger partial charge in [-0.25, -0.2) is 4.79 Å². The average Bonchev–Trinajstić information content (AvgIpc) is 2.28. The highest BCUT2D eigenvalue weighted by Crippen LogP contribution is 2.37. The molecule has 0 bridgehead atoms. The highest BCUT2D eigenvalue weighted by Gasteiger charge is 2.39. The van der Waals surface area contributed by atoms with E-state index in [1.165, 1.54) is 31.2 Å². The topological polar surface area (TPSA) is 52.3 Å². The highest BCUT2D eigenvalue weighted by atomic mass is 19.4. The molecule has 0 amide bonds. The molecule has 0 spiro atoms. The van der Waals surface area contributed by atoms with Crippen molar-refractivity contribution in [3.8, 4) is 0 Å². The van der Waals surface area contributed by atoms with E-state index in [-0.39, 0.29) is 17.5 Å². The van der Waals surface area contributed by atoms with Gasteiger partial charge in [0.15, 0.2) is 0 Å². The third-order valence-electron chi connectivity index (χ3n) is 2.46. The number of halogens is 3. The zero-order valence-electron chi connectivity index (χ0n) is 9.12. The zero-order valence-corrected chi connectivity index (χ0v) is 9.12. The first-order valence-corrected chi connectivity index (χ1v) is 4.97. The molecule has 0 aromatic heterocycles. The van der Waals surface area contributed by atoms with Crippen molar-refractivity contribution in [1.82, 2.24) is 0 Å². The molecule has 0 fully saturated rings. The predicted molar refractivity (Wildman–Crippen MR) is 55.1 cm³/mol. The quantitative estimate of drug-likeness (QED) is 0.835. The summed E-state index contributed by atoms with van der Waals surface area (Å²) >= 11 is 0. The zero-order chi connectivity index (χ0) is 13.1. The number of hydrogen-bond donors (Lipinski definition) is 1. The molecule has 0 heterocycles. The van der Waals surface area contributed by atoms with Crippen molar-refractivity contribution in [2.75, 3.05) is 0 Å². The standard InChI is InChI=1S/C11H12F3NO2/c1-2-9(11(12,13)14)7-3-5-8(6-4-7)10(16)17-15/h3-6,9H,2,15H2,1H3. The number of nitrogens with two attached hydrogens (primary N) is 1. The van der Waals surface area contributed by atoms with Crippen molar-refractivity contribution in [2.24, 2.45) is 5.90 Å². The van der Waals surface area contributed by atoms with Crippen molar-refractivity contribution in [1.29, 1.82) is 0 Å². The fourth-order valence-corrected chi connectivity index (χ4v) is 1.58. The minimum Gasteiger partial charge on any atom is -0.370 e. The highest BCUT2D eigenvalue weighted by molar-refractivity contribution is 5.89. The molecule has 1 aromatic rings. The van der Waals surface area contributed by atoms with Crippen molar-refractivity contribution >= 4 is 5.97 Å². The molecule has 17 heavy (non-hydrogen) atoms. The van der Waals surface area contributed by atoms with Crippen LogP contribution in [0, 0.1) is 0 Å². The number of hydrogen-bond acceptors (Lipinski definition) is 3. The van der Waals surface area contributed by atoms with E-state index in [1.54, 1.807) is 0 Å². The first-order valence-electron chi connectivity index (χ1n) is 4.97. The van der Waals surface area contributed by atoms with Gasteiger partial charge in [0.05, 0.1) is 11.5 Å². The Morgan fingerprint density at radius 3 is 2.24 bits per heavy atom. The van der Waals surface area contributed by atoms with Crippen LogP contribution in [0.1, 0.15) is 35.2 Å². The van der Waals surface area contributed by atoms with Gasteiger partial charge in [-0.15, -0.1) is 0 Å². The lowest BCUT2D eigenvalue weighted by molar-refractivity contribution is -0.151. The number of rotatable bonds is 3. The molecule has 0 aliphatic heterocycles. The average molecular weight is 247 g/mol. The summed E-state index contributed by atoms with van der Waals surface area (Å²) in [6, 6.07) is 5.04. The molecule has 1 rings (SSSR count). The van der Waals surface area contributed by atoms with Crippen LogP contribution in [0.2, 0.25) is 0 Å². The van der Waals surface area contributed by atoms with E-state index in [4.69, 9.17) is 0 Å². The lowest BCUT2D eigenvalue weighted by atomic mass is 9.95. The van der Waals surface area contributed by atoms with Gasteiger partial charge in [-0.3, -0.25) is 0 Å². The molecule has 1 atom stereocenters. The van der Waals surface area contributed by atoms with E-state index in [2.05, 4.69) is 10.7 Å². The van der Waals surface area contributed by atoms with Crippen LogP contribution in [0.3, 0.4) is 0 Å². The molecule has 0 aliphatic carbocycles. The third kappa shape index (κ3) is 3.20. The monoisotopic (exact) mass is 247 g/mol. The first-order chi connectivity index (χ1) is 7.90. The van der Waals surface area contributed by atoms with Gasteiger partial charge in [-0.2, -0.15) is 19.1 Å². The molecule has 3 nitrogen and oxygen atoms in total. The maximum Gasteiger partial charge on any atom is 0.395 e. The predicted octanol–water partition coefficient (Wildman–Crippen LogP) is 2.77. The van der Waals surface area contributed by atoms with Crippen molar-refractivity contribution in [2.45, 2.75) is 25.4 Å². The van der Waals surface area contributed by atoms with Gasteiger partial charge in [-0.05, 0) is 24.1 Å². The van der Waals surface area contributed by atoms with E-state index in [9.17, 15) is 18.0 Å². The second kappa shape index (κ2) is 5.18. The van der Waals surface area contributed by atoms with E-state index < -0.39 is 18.1 Å². The lowest BCUT2D eigenvalue weighted by Crippen LogP contribution is -2.20. The van der Waals surface area contributed by atoms with Gasteiger partial charge in [-0.1, -0.05) is 19.1 Å². The van der Waals surface area contributed by atoms with Gasteiger partial charge in [0.2, 0.25) is 0 Å². The summed E-state index contributed by atoms with van der Waals surface area (Å²) in [5, 5.41) is 0. The minimum atomic E-state index is -4.29. The first kappa shape index (κ1) is 13.5. The maximum absolute atomic E-state index is 12.6. The molecule has 0 radical (unpaired) electrons. The molecule has 2 N–H and O–H groups in total. The largest absolute Gasteiger partial charge is 0.395 e. The Labute approximate surface area is 96.3 Å². The van der Waals surface area contributed by atoms with Crippen LogP contribution in [-0.4, -0.2) is 12.1 Å². The van der Waals surface area contributed by atoms with Crippen molar-refractivity contribution in [3.63, 3.8) is 0 Å². The Bertz CT molecular complexity index is 387. The van der Waals surface area contributed by atoms with E-state index >= 15 is 0 Å². The number of carbonyl (C=O) groups is 1.